The summed E-state index contributed by atoms with van der Waals surface area (Å²) in [6.07, 6.45) is 13.0. The molecule has 0 amide bonds. The van der Waals surface area contributed by atoms with Crippen LogP contribution in [0.3, 0.4) is 0 Å². The molecule has 7 heteroatoms. The average molecular weight is 403 g/mol. The monoisotopic (exact) mass is 402 g/mol. The summed E-state index contributed by atoms with van der Waals surface area (Å²) in [4.78, 5) is 9.15. The first-order valence-electron chi connectivity index (χ1n) is 10.0. The summed E-state index contributed by atoms with van der Waals surface area (Å²) in [6, 6.07) is 8.33. The Labute approximate surface area is 176 Å². The summed E-state index contributed by atoms with van der Waals surface area (Å²) in [7, 11) is 0. The molecule has 1 aliphatic heterocycles. The molecular formula is C23H26N6O. The molecule has 3 aromatic rings. The number of benzene rings is 1. The number of allylic oxidation sites excluding steroid dienone is 3. The van der Waals surface area contributed by atoms with E-state index < -0.39 is 0 Å². The van der Waals surface area contributed by atoms with E-state index in [0.29, 0.717) is 17.6 Å². The van der Waals surface area contributed by atoms with Crippen LogP contribution in [0.25, 0.3) is 28.1 Å². The minimum absolute atomic E-state index is 0.395. The van der Waals surface area contributed by atoms with Crippen molar-refractivity contribution in [3.63, 3.8) is 0 Å². The van der Waals surface area contributed by atoms with Crippen molar-refractivity contribution < 1.29 is 4.74 Å². The van der Waals surface area contributed by atoms with Gasteiger partial charge in [0.1, 0.15) is 0 Å². The quantitative estimate of drug-likeness (QED) is 0.633. The number of ether oxygens (including phenoxy) is 1. The fraction of sp³-hybridized carbons (Fsp3) is 0.261. The van der Waals surface area contributed by atoms with Gasteiger partial charge in [0.15, 0.2) is 5.82 Å². The molecule has 4 N–H and O–H groups in total. The van der Waals surface area contributed by atoms with Gasteiger partial charge in [0.05, 0.1) is 12.2 Å². The van der Waals surface area contributed by atoms with Crippen LogP contribution in [0.2, 0.25) is 0 Å². The zero-order valence-electron chi connectivity index (χ0n) is 17.0. The molecule has 4 rings (SSSR count). The summed E-state index contributed by atoms with van der Waals surface area (Å²) in [6.45, 7) is 3.41. The van der Waals surface area contributed by atoms with E-state index in [1.54, 1.807) is 6.20 Å². The summed E-state index contributed by atoms with van der Waals surface area (Å²) in [5, 5.41) is 4.53. The maximum Gasteiger partial charge on any atom is 0.159 e. The zero-order valence-corrected chi connectivity index (χ0v) is 17.0. The van der Waals surface area contributed by atoms with Crippen LogP contribution in [-0.4, -0.2) is 33.0 Å². The van der Waals surface area contributed by atoms with Gasteiger partial charge in [0.25, 0.3) is 0 Å². The summed E-state index contributed by atoms with van der Waals surface area (Å²) in [5.41, 5.74) is 17.0. The number of rotatable bonds is 5. The van der Waals surface area contributed by atoms with E-state index in [-0.39, 0.29) is 0 Å². The van der Waals surface area contributed by atoms with Gasteiger partial charge in [-0.1, -0.05) is 18.2 Å². The number of nitrogens with two attached hydrogens (primary N) is 2. The molecule has 1 fully saturated rings. The number of hydrogen-bond donors (Lipinski definition) is 2. The first-order chi connectivity index (χ1) is 14.6. The van der Waals surface area contributed by atoms with Crippen molar-refractivity contribution in [2.45, 2.75) is 25.8 Å². The molecule has 0 radical (unpaired) electrons. The van der Waals surface area contributed by atoms with Gasteiger partial charge in [0, 0.05) is 60.4 Å². The lowest BCUT2D eigenvalue weighted by Crippen LogP contribution is -2.19. The standard InChI is InChI=1S/C23H26N6O/c1-16(25)9-19(11-24)17-3-2-4-18(10-17)23-26-12-20(13-27-23)21-14-28-29(15-21)22-5-7-30-8-6-22/h2-4,9-15,22H,5-8,24-25H2,1H3/b16-9-,19-11+. The predicted octanol–water partition coefficient (Wildman–Crippen LogP) is 3.52. The molecule has 0 saturated carbocycles. The van der Waals surface area contributed by atoms with Gasteiger partial charge >= 0.3 is 0 Å². The van der Waals surface area contributed by atoms with Crippen molar-refractivity contribution in [2.75, 3.05) is 13.2 Å². The van der Waals surface area contributed by atoms with Crippen LogP contribution in [0.5, 0.6) is 0 Å². The molecule has 1 aromatic carbocycles. The zero-order chi connectivity index (χ0) is 20.9. The summed E-state index contributed by atoms with van der Waals surface area (Å²) in [5.74, 6) is 0.655. The Hall–Kier alpha value is -3.45. The van der Waals surface area contributed by atoms with Crippen LogP contribution in [0, 0.1) is 0 Å². The van der Waals surface area contributed by atoms with Crippen molar-refractivity contribution >= 4 is 5.57 Å². The normalized spacial score (nSPS) is 16.0. The third kappa shape index (κ3) is 4.41. The van der Waals surface area contributed by atoms with Crippen LogP contribution in [0.4, 0.5) is 0 Å². The second-order valence-corrected chi connectivity index (χ2v) is 7.44. The highest BCUT2D eigenvalue weighted by Gasteiger charge is 2.17. The van der Waals surface area contributed by atoms with Crippen molar-refractivity contribution in [3.8, 4) is 22.5 Å². The molecule has 154 valence electrons. The lowest BCUT2D eigenvalue weighted by Gasteiger charge is -2.22. The Morgan fingerprint density at radius 2 is 1.87 bits per heavy atom. The Morgan fingerprint density at radius 1 is 1.10 bits per heavy atom. The van der Waals surface area contributed by atoms with Crippen LogP contribution in [-0.2, 0) is 4.74 Å². The van der Waals surface area contributed by atoms with E-state index in [2.05, 4.69) is 21.3 Å². The molecule has 0 unspecified atom stereocenters. The second kappa shape index (κ2) is 8.92. The predicted molar refractivity (Wildman–Crippen MR) is 118 cm³/mol. The number of aromatic nitrogens is 4. The van der Waals surface area contributed by atoms with E-state index in [1.165, 1.54) is 0 Å². The number of hydrogen-bond acceptors (Lipinski definition) is 6. The molecule has 0 bridgehead atoms. The maximum absolute atomic E-state index is 5.80. The van der Waals surface area contributed by atoms with Crippen LogP contribution < -0.4 is 11.5 Å². The van der Waals surface area contributed by atoms with Gasteiger partial charge in [-0.2, -0.15) is 5.10 Å². The fourth-order valence-corrected chi connectivity index (χ4v) is 3.57. The largest absolute Gasteiger partial charge is 0.404 e. The number of nitrogens with zero attached hydrogens (tertiary/aromatic N) is 4. The van der Waals surface area contributed by atoms with Gasteiger partial charge in [-0.25, -0.2) is 9.97 Å². The third-order valence-electron chi connectivity index (χ3n) is 5.17. The van der Waals surface area contributed by atoms with E-state index >= 15 is 0 Å². The lowest BCUT2D eigenvalue weighted by atomic mass is 10.0. The van der Waals surface area contributed by atoms with Crippen molar-refractivity contribution in [2.24, 2.45) is 11.5 Å². The van der Waals surface area contributed by atoms with Gasteiger partial charge in [-0.15, -0.1) is 0 Å². The first kappa shape index (κ1) is 19.8. The van der Waals surface area contributed by atoms with Gasteiger partial charge in [0.2, 0.25) is 0 Å². The molecule has 0 aliphatic carbocycles. The molecular weight excluding hydrogens is 376 g/mol. The van der Waals surface area contributed by atoms with Gasteiger partial charge in [-0.3, -0.25) is 4.68 Å². The molecule has 7 nitrogen and oxygen atoms in total. The Kier molecular flexibility index (Phi) is 5.90. The van der Waals surface area contributed by atoms with Crippen molar-refractivity contribution in [1.82, 2.24) is 19.7 Å². The van der Waals surface area contributed by atoms with Crippen LogP contribution in [0.1, 0.15) is 31.4 Å². The molecule has 1 aliphatic rings. The van der Waals surface area contributed by atoms with Crippen LogP contribution in [0.15, 0.2) is 67.0 Å². The molecule has 30 heavy (non-hydrogen) atoms. The third-order valence-corrected chi connectivity index (χ3v) is 5.17. The minimum atomic E-state index is 0.395. The maximum atomic E-state index is 5.80. The highest BCUT2D eigenvalue weighted by Crippen LogP contribution is 2.26. The highest BCUT2D eigenvalue weighted by atomic mass is 16.5. The molecule has 3 heterocycles. The molecule has 0 spiro atoms. The Balaban J connectivity index is 1.55. The fourth-order valence-electron chi connectivity index (χ4n) is 3.57. The first-order valence-corrected chi connectivity index (χ1v) is 10.0. The molecule has 2 aromatic heterocycles. The van der Waals surface area contributed by atoms with Crippen LogP contribution >= 0.6 is 0 Å². The van der Waals surface area contributed by atoms with Gasteiger partial charge < -0.3 is 16.2 Å². The van der Waals surface area contributed by atoms with E-state index in [9.17, 15) is 0 Å². The summed E-state index contributed by atoms with van der Waals surface area (Å²) < 4.78 is 7.47. The SMILES string of the molecule is C/C(N)=C/C(=C\N)c1cccc(-c2ncc(-c3cnn(C4CCOCC4)c3)cn2)c1. The Morgan fingerprint density at radius 3 is 2.57 bits per heavy atom. The van der Waals surface area contributed by atoms with E-state index in [1.807, 2.05) is 60.5 Å². The van der Waals surface area contributed by atoms with E-state index in [4.69, 9.17) is 16.2 Å². The van der Waals surface area contributed by atoms with Crippen molar-refractivity contribution in [3.05, 3.63) is 72.6 Å². The second-order valence-electron chi connectivity index (χ2n) is 7.44. The van der Waals surface area contributed by atoms with E-state index in [0.717, 1.165) is 53.9 Å². The summed E-state index contributed by atoms with van der Waals surface area (Å²) >= 11 is 0. The van der Waals surface area contributed by atoms with Crippen molar-refractivity contribution in [1.29, 1.82) is 0 Å². The topological polar surface area (TPSA) is 105 Å². The highest BCUT2D eigenvalue weighted by molar-refractivity contribution is 5.77. The minimum Gasteiger partial charge on any atom is -0.404 e. The average Bonchev–Trinajstić information content (AvgIpc) is 3.28. The smallest absolute Gasteiger partial charge is 0.159 e. The molecule has 1 saturated heterocycles. The molecule has 0 atom stereocenters. The van der Waals surface area contributed by atoms with Gasteiger partial charge in [-0.05, 0) is 43.0 Å². The lowest BCUT2D eigenvalue weighted by molar-refractivity contribution is 0.0662. The Bertz CT molecular complexity index is 1060.